The van der Waals surface area contributed by atoms with Crippen molar-refractivity contribution in [1.82, 2.24) is 5.32 Å². The number of aliphatic hydroxyl groups is 1. The normalized spacial score (nSPS) is 24.2. The van der Waals surface area contributed by atoms with Crippen molar-refractivity contribution in [2.24, 2.45) is 0 Å². The highest BCUT2D eigenvalue weighted by atomic mass is 32.2. The van der Waals surface area contributed by atoms with E-state index in [0.29, 0.717) is 18.7 Å². The van der Waals surface area contributed by atoms with Crippen LogP contribution in [0.25, 0.3) is 0 Å². The first-order valence-corrected chi connectivity index (χ1v) is 9.19. The summed E-state index contributed by atoms with van der Waals surface area (Å²) in [6.07, 6.45) is 3.68. The molecule has 1 aliphatic rings. The van der Waals surface area contributed by atoms with Gasteiger partial charge in [-0.05, 0) is 19.3 Å². The Morgan fingerprint density at radius 1 is 1.35 bits per heavy atom. The van der Waals surface area contributed by atoms with Crippen LogP contribution in [0.2, 0.25) is 0 Å². The molecule has 23 heavy (non-hydrogen) atoms. The lowest BCUT2D eigenvalue weighted by Gasteiger charge is -2.36. The first kappa shape index (κ1) is 20.1. The number of ether oxygens (including phenoxy) is 1. The molecule has 6 nitrogen and oxygen atoms in total. The first-order valence-electron chi connectivity index (χ1n) is 8.21. The van der Waals surface area contributed by atoms with Gasteiger partial charge in [-0.2, -0.15) is 0 Å². The van der Waals surface area contributed by atoms with Gasteiger partial charge in [-0.1, -0.05) is 25.1 Å². The number of Topliss-reactive ketones (excluding diaryl/α,β-unsaturated/α-hetero) is 1. The molecule has 2 atom stereocenters. The molecular formula is C16H27NO5S. The fourth-order valence-electron chi connectivity index (χ4n) is 2.57. The smallest absolute Gasteiger partial charge is 0.226 e. The van der Waals surface area contributed by atoms with Gasteiger partial charge in [0.25, 0.3) is 0 Å². The van der Waals surface area contributed by atoms with Crippen molar-refractivity contribution in [3.8, 4) is 0 Å². The minimum Gasteiger partial charge on any atom is -0.360 e. The number of rotatable bonds is 9. The summed E-state index contributed by atoms with van der Waals surface area (Å²) >= 11 is 1.09. The summed E-state index contributed by atoms with van der Waals surface area (Å²) in [4.78, 5) is 34.6. The van der Waals surface area contributed by atoms with Crippen molar-refractivity contribution in [2.75, 3.05) is 12.3 Å². The quantitative estimate of drug-likeness (QED) is 0.619. The van der Waals surface area contributed by atoms with Crippen LogP contribution in [0.1, 0.15) is 58.8 Å². The van der Waals surface area contributed by atoms with Crippen molar-refractivity contribution < 1.29 is 24.2 Å². The van der Waals surface area contributed by atoms with Gasteiger partial charge in [0.15, 0.2) is 10.9 Å². The van der Waals surface area contributed by atoms with Gasteiger partial charge in [0.1, 0.15) is 0 Å². The molecule has 2 unspecified atom stereocenters. The molecule has 1 rings (SSSR count). The van der Waals surface area contributed by atoms with Crippen LogP contribution in [-0.2, 0) is 19.1 Å². The Kier molecular flexibility index (Phi) is 8.79. The van der Waals surface area contributed by atoms with E-state index in [9.17, 15) is 19.5 Å². The van der Waals surface area contributed by atoms with Gasteiger partial charge < -0.3 is 15.2 Å². The second-order valence-electron chi connectivity index (χ2n) is 5.83. The highest BCUT2D eigenvalue weighted by Gasteiger charge is 2.41. The zero-order chi connectivity index (χ0) is 17.3. The molecule has 1 fully saturated rings. The Morgan fingerprint density at radius 2 is 2.09 bits per heavy atom. The molecule has 0 aromatic rings. The van der Waals surface area contributed by atoms with Gasteiger partial charge in [0.05, 0.1) is 6.10 Å². The predicted molar refractivity (Wildman–Crippen MR) is 89.0 cm³/mol. The molecule has 0 radical (unpaired) electrons. The van der Waals surface area contributed by atoms with Gasteiger partial charge in [0.2, 0.25) is 11.7 Å². The van der Waals surface area contributed by atoms with Crippen molar-refractivity contribution >= 4 is 28.6 Å². The average Bonchev–Trinajstić information content (AvgIpc) is 2.49. The summed E-state index contributed by atoms with van der Waals surface area (Å²) < 4.78 is 5.57. The van der Waals surface area contributed by atoms with Gasteiger partial charge in [0, 0.05) is 38.5 Å². The van der Waals surface area contributed by atoms with Gasteiger partial charge >= 0.3 is 0 Å². The van der Waals surface area contributed by atoms with Crippen LogP contribution in [0.15, 0.2) is 0 Å². The second-order valence-corrected chi connectivity index (χ2v) is 6.98. The molecule has 0 bridgehead atoms. The van der Waals surface area contributed by atoms with Crippen LogP contribution >= 0.6 is 11.8 Å². The van der Waals surface area contributed by atoms with Crippen LogP contribution in [0, 0.1) is 0 Å². The molecule has 132 valence electrons. The maximum absolute atomic E-state index is 12.2. The lowest BCUT2D eigenvalue weighted by molar-refractivity contribution is -0.242. The van der Waals surface area contributed by atoms with E-state index < -0.39 is 11.6 Å². The molecule has 1 amide bonds. The largest absolute Gasteiger partial charge is 0.360 e. The first-order chi connectivity index (χ1) is 10.9. The van der Waals surface area contributed by atoms with E-state index in [4.69, 9.17) is 4.74 Å². The third kappa shape index (κ3) is 7.46. The number of carbonyl (C=O) groups excluding carboxylic acids is 3. The standard InChI is InChI=1S/C16H27NO5S/c1-3-5-13-6-4-9-16(21,22-13)14(19)7-8-15(20)23-11-10-17-12(2)18/h13,21H,3-11H2,1-2H3,(H,17,18). The van der Waals surface area contributed by atoms with E-state index in [1.807, 2.05) is 6.92 Å². The Hall–Kier alpha value is -0.920. The van der Waals surface area contributed by atoms with Gasteiger partial charge in [-0.15, -0.1) is 0 Å². The number of carbonyl (C=O) groups is 3. The topological polar surface area (TPSA) is 92.7 Å². The maximum atomic E-state index is 12.2. The fraction of sp³-hybridized carbons (Fsp3) is 0.812. The fourth-order valence-corrected chi connectivity index (χ4v) is 3.25. The van der Waals surface area contributed by atoms with Crippen LogP contribution < -0.4 is 5.32 Å². The summed E-state index contributed by atoms with van der Waals surface area (Å²) in [6, 6.07) is 0. The number of nitrogens with one attached hydrogen (secondary N) is 1. The highest BCUT2D eigenvalue weighted by molar-refractivity contribution is 8.13. The SMILES string of the molecule is CCCC1CCCC(O)(C(=O)CCC(=O)SCCNC(C)=O)O1. The molecule has 7 heteroatoms. The minimum absolute atomic E-state index is 0.0126. The van der Waals surface area contributed by atoms with E-state index >= 15 is 0 Å². The molecule has 0 spiro atoms. The molecular weight excluding hydrogens is 318 g/mol. The Morgan fingerprint density at radius 3 is 2.74 bits per heavy atom. The number of amides is 1. The summed E-state index contributed by atoms with van der Waals surface area (Å²) in [7, 11) is 0. The number of hydrogen-bond donors (Lipinski definition) is 2. The van der Waals surface area contributed by atoms with Crippen LogP contribution in [0.3, 0.4) is 0 Å². The van der Waals surface area contributed by atoms with E-state index in [0.717, 1.165) is 37.4 Å². The van der Waals surface area contributed by atoms with Crippen molar-refractivity contribution in [3.05, 3.63) is 0 Å². The van der Waals surface area contributed by atoms with Crippen molar-refractivity contribution in [1.29, 1.82) is 0 Å². The van der Waals surface area contributed by atoms with Crippen molar-refractivity contribution in [3.63, 3.8) is 0 Å². The van der Waals surface area contributed by atoms with Crippen LogP contribution in [0.5, 0.6) is 0 Å². The maximum Gasteiger partial charge on any atom is 0.226 e. The molecule has 2 N–H and O–H groups in total. The highest BCUT2D eigenvalue weighted by Crippen LogP contribution is 2.30. The zero-order valence-electron chi connectivity index (χ0n) is 13.9. The molecule has 0 aromatic heterocycles. The van der Waals surface area contributed by atoms with Crippen molar-refractivity contribution in [2.45, 2.75) is 70.7 Å². The number of thioether (sulfide) groups is 1. The second kappa shape index (κ2) is 10.1. The summed E-state index contributed by atoms with van der Waals surface area (Å²) in [6.45, 7) is 3.88. The van der Waals surface area contributed by atoms with E-state index in [-0.39, 0.29) is 30.0 Å². The predicted octanol–water partition coefficient (Wildman–Crippen LogP) is 1.79. The Labute approximate surface area is 141 Å². The summed E-state index contributed by atoms with van der Waals surface area (Å²) in [5.41, 5.74) is 0. The van der Waals surface area contributed by atoms with E-state index in [1.165, 1.54) is 6.92 Å². The summed E-state index contributed by atoms with van der Waals surface area (Å²) in [5.74, 6) is -1.79. The number of ketones is 1. The zero-order valence-corrected chi connectivity index (χ0v) is 14.7. The lowest BCUT2D eigenvalue weighted by Crippen LogP contribution is -2.47. The van der Waals surface area contributed by atoms with Crippen LogP contribution in [0.4, 0.5) is 0 Å². The lowest BCUT2D eigenvalue weighted by atomic mass is 9.94. The van der Waals surface area contributed by atoms with E-state index in [1.54, 1.807) is 0 Å². The molecule has 1 saturated heterocycles. The monoisotopic (exact) mass is 345 g/mol. The minimum atomic E-state index is -1.72. The number of hydrogen-bond acceptors (Lipinski definition) is 6. The molecule has 1 heterocycles. The molecule has 1 aliphatic heterocycles. The average molecular weight is 345 g/mol. The van der Waals surface area contributed by atoms with Gasteiger partial charge in [-0.25, -0.2) is 0 Å². The third-order valence-corrected chi connectivity index (χ3v) is 4.68. The Balaban J connectivity index is 2.31. The third-order valence-electron chi connectivity index (χ3n) is 3.74. The summed E-state index contributed by atoms with van der Waals surface area (Å²) in [5, 5.41) is 12.9. The van der Waals surface area contributed by atoms with Gasteiger partial charge in [-0.3, -0.25) is 14.4 Å². The molecule has 0 aliphatic carbocycles. The van der Waals surface area contributed by atoms with Crippen LogP contribution in [-0.4, -0.2) is 46.1 Å². The molecule has 0 aromatic carbocycles. The Bertz CT molecular complexity index is 427. The van der Waals surface area contributed by atoms with E-state index in [2.05, 4.69) is 5.32 Å². The molecule has 0 saturated carbocycles.